The van der Waals surface area contributed by atoms with Crippen LogP contribution in [-0.4, -0.2) is 69.7 Å². The van der Waals surface area contributed by atoms with Crippen LogP contribution in [0.3, 0.4) is 0 Å². The molecular formula is C24H36IN5O. The van der Waals surface area contributed by atoms with Gasteiger partial charge in [0, 0.05) is 52.4 Å². The van der Waals surface area contributed by atoms with Crippen molar-refractivity contribution in [2.75, 3.05) is 53.9 Å². The zero-order valence-corrected chi connectivity index (χ0v) is 21.2. The van der Waals surface area contributed by atoms with Crippen molar-refractivity contribution in [2.24, 2.45) is 4.99 Å². The number of piperazine rings is 1. The van der Waals surface area contributed by atoms with E-state index in [1.165, 1.54) is 11.1 Å². The van der Waals surface area contributed by atoms with E-state index in [0.717, 1.165) is 57.4 Å². The quantitative estimate of drug-likeness (QED) is 0.234. The second-order valence-corrected chi connectivity index (χ2v) is 7.78. The van der Waals surface area contributed by atoms with Gasteiger partial charge in [-0.25, -0.2) is 0 Å². The summed E-state index contributed by atoms with van der Waals surface area (Å²) < 4.78 is 5.21. The fraction of sp³-hybridized carbons (Fsp3) is 0.458. The summed E-state index contributed by atoms with van der Waals surface area (Å²) in [6.45, 7) is 6.04. The van der Waals surface area contributed by atoms with Crippen molar-refractivity contribution in [2.45, 2.75) is 19.0 Å². The third-order valence-electron chi connectivity index (χ3n) is 5.64. The van der Waals surface area contributed by atoms with Gasteiger partial charge in [0.15, 0.2) is 5.96 Å². The Kier molecular flexibility index (Phi) is 11.1. The number of nitrogens with one attached hydrogen (secondary N) is 2. The van der Waals surface area contributed by atoms with Crippen molar-refractivity contribution < 1.29 is 4.74 Å². The fourth-order valence-corrected chi connectivity index (χ4v) is 3.85. The van der Waals surface area contributed by atoms with Crippen LogP contribution < -0.4 is 15.4 Å². The van der Waals surface area contributed by atoms with E-state index < -0.39 is 0 Å². The van der Waals surface area contributed by atoms with Crippen LogP contribution >= 0.6 is 24.0 Å². The highest BCUT2D eigenvalue weighted by Gasteiger charge is 2.25. The van der Waals surface area contributed by atoms with Crippen molar-refractivity contribution in [3.63, 3.8) is 0 Å². The first-order chi connectivity index (χ1) is 14.7. The molecule has 6 nitrogen and oxygen atoms in total. The molecular weight excluding hydrogens is 501 g/mol. The Balaban J connectivity index is 0.00000341. The van der Waals surface area contributed by atoms with Gasteiger partial charge >= 0.3 is 0 Å². The molecule has 0 amide bonds. The number of methoxy groups -OCH3 is 1. The molecule has 31 heavy (non-hydrogen) atoms. The number of halogens is 1. The van der Waals surface area contributed by atoms with Crippen molar-refractivity contribution in [3.8, 4) is 5.75 Å². The Hall–Kier alpha value is -1.84. The molecule has 1 heterocycles. The Morgan fingerprint density at radius 2 is 1.81 bits per heavy atom. The highest BCUT2D eigenvalue weighted by atomic mass is 127. The Morgan fingerprint density at radius 1 is 1.06 bits per heavy atom. The van der Waals surface area contributed by atoms with Crippen LogP contribution in [0.2, 0.25) is 0 Å². The van der Waals surface area contributed by atoms with Gasteiger partial charge in [-0.2, -0.15) is 0 Å². The average molecular weight is 537 g/mol. The summed E-state index contributed by atoms with van der Waals surface area (Å²) in [5, 5.41) is 6.82. The minimum absolute atomic E-state index is 0. The number of guanidine groups is 1. The zero-order chi connectivity index (χ0) is 21.2. The summed E-state index contributed by atoms with van der Waals surface area (Å²) in [7, 11) is 5.71. The lowest BCUT2D eigenvalue weighted by atomic mass is 10.0. The third kappa shape index (κ3) is 7.97. The first kappa shape index (κ1) is 25.4. The Labute approximate surface area is 204 Å². The van der Waals surface area contributed by atoms with Gasteiger partial charge in [-0.05, 0) is 36.7 Å². The van der Waals surface area contributed by atoms with E-state index in [0.29, 0.717) is 6.04 Å². The van der Waals surface area contributed by atoms with E-state index in [2.05, 4.69) is 74.9 Å². The molecule has 1 aliphatic heterocycles. The van der Waals surface area contributed by atoms with E-state index >= 15 is 0 Å². The summed E-state index contributed by atoms with van der Waals surface area (Å²) >= 11 is 0. The molecule has 0 aromatic heterocycles. The highest BCUT2D eigenvalue weighted by Crippen LogP contribution is 2.24. The monoisotopic (exact) mass is 537 g/mol. The lowest BCUT2D eigenvalue weighted by Gasteiger charge is -2.40. The van der Waals surface area contributed by atoms with E-state index in [1.807, 2.05) is 19.2 Å². The molecule has 0 aliphatic carbocycles. The summed E-state index contributed by atoms with van der Waals surface area (Å²) in [5.74, 6) is 1.71. The van der Waals surface area contributed by atoms with E-state index in [9.17, 15) is 0 Å². The average Bonchev–Trinajstić information content (AvgIpc) is 2.80. The standard InChI is InChI=1S/C24H35N5O.HI/c1-25-24(27-18-20-10-12-22(30-3)13-11-20)26-14-7-15-29-17-16-28(2)19-23(29)21-8-5-4-6-9-21;/h4-6,8-13,23H,7,14-19H2,1-3H3,(H2,25,26,27);1H. The molecule has 1 atom stereocenters. The summed E-state index contributed by atoms with van der Waals surface area (Å²) in [6.07, 6.45) is 1.08. The number of nitrogens with zero attached hydrogens (tertiary/aromatic N) is 3. The van der Waals surface area contributed by atoms with Gasteiger partial charge in [0.25, 0.3) is 0 Å². The van der Waals surface area contributed by atoms with Crippen molar-refractivity contribution in [1.82, 2.24) is 20.4 Å². The third-order valence-corrected chi connectivity index (χ3v) is 5.64. The number of hydrogen-bond acceptors (Lipinski definition) is 4. The molecule has 1 saturated heterocycles. The normalized spacial score (nSPS) is 17.6. The van der Waals surface area contributed by atoms with Crippen molar-refractivity contribution >= 4 is 29.9 Å². The topological polar surface area (TPSA) is 52.1 Å². The van der Waals surface area contributed by atoms with Crippen molar-refractivity contribution in [3.05, 3.63) is 65.7 Å². The molecule has 2 aromatic carbocycles. The predicted molar refractivity (Wildman–Crippen MR) is 139 cm³/mol. The molecule has 1 fully saturated rings. The van der Waals surface area contributed by atoms with Gasteiger partial charge < -0.3 is 20.3 Å². The van der Waals surface area contributed by atoms with Crippen LogP contribution in [0.5, 0.6) is 5.75 Å². The van der Waals surface area contributed by atoms with Gasteiger partial charge in [-0.1, -0.05) is 42.5 Å². The maximum Gasteiger partial charge on any atom is 0.191 e. The van der Waals surface area contributed by atoms with Crippen LogP contribution in [0.4, 0.5) is 0 Å². The Morgan fingerprint density at radius 3 is 2.48 bits per heavy atom. The zero-order valence-electron chi connectivity index (χ0n) is 18.9. The minimum atomic E-state index is 0. The smallest absolute Gasteiger partial charge is 0.191 e. The molecule has 170 valence electrons. The molecule has 2 N–H and O–H groups in total. The summed E-state index contributed by atoms with van der Waals surface area (Å²) in [6, 6.07) is 19.4. The lowest BCUT2D eigenvalue weighted by Crippen LogP contribution is -2.47. The second-order valence-electron chi connectivity index (χ2n) is 7.78. The molecule has 2 aromatic rings. The van der Waals surface area contributed by atoms with Crippen LogP contribution in [0.1, 0.15) is 23.6 Å². The van der Waals surface area contributed by atoms with E-state index in [1.54, 1.807) is 7.11 Å². The van der Waals surface area contributed by atoms with Crippen LogP contribution in [-0.2, 0) is 6.54 Å². The molecule has 3 rings (SSSR count). The van der Waals surface area contributed by atoms with Gasteiger partial charge in [-0.3, -0.25) is 9.89 Å². The highest BCUT2D eigenvalue weighted by molar-refractivity contribution is 14.0. The van der Waals surface area contributed by atoms with Gasteiger partial charge in [0.1, 0.15) is 5.75 Å². The van der Waals surface area contributed by atoms with Crippen LogP contribution in [0, 0.1) is 0 Å². The van der Waals surface area contributed by atoms with Crippen LogP contribution in [0.15, 0.2) is 59.6 Å². The maximum atomic E-state index is 5.21. The number of likely N-dealkylation sites (N-methyl/N-ethyl adjacent to an activating group) is 1. The predicted octanol–water partition coefficient (Wildman–Crippen LogP) is 3.36. The molecule has 7 heteroatoms. The second kappa shape index (κ2) is 13.5. The molecule has 0 radical (unpaired) electrons. The summed E-state index contributed by atoms with van der Waals surface area (Å²) in [4.78, 5) is 9.39. The SMILES string of the molecule is CN=C(NCCCN1CCN(C)CC1c1ccccc1)NCc1ccc(OC)cc1.I. The molecule has 0 spiro atoms. The van der Waals surface area contributed by atoms with Crippen LogP contribution in [0.25, 0.3) is 0 Å². The van der Waals surface area contributed by atoms with Crippen molar-refractivity contribution in [1.29, 1.82) is 0 Å². The largest absolute Gasteiger partial charge is 0.497 e. The number of aliphatic imine (C=N–C) groups is 1. The number of benzene rings is 2. The van der Waals surface area contributed by atoms with E-state index in [-0.39, 0.29) is 24.0 Å². The van der Waals surface area contributed by atoms with Gasteiger partial charge in [0.05, 0.1) is 7.11 Å². The fourth-order valence-electron chi connectivity index (χ4n) is 3.85. The molecule has 1 aliphatic rings. The maximum absolute atomic E-state index is 5.21. The Bertz CT molecular complexity index is 784. The number of hydrogen-bond donors (Lipinski definition) is 2. The number of rotatable bonds is 8. The summed E-state index contributed by atoms with van der Waals surface area (Å²) in [5.41, 5.74) is 2.61. The van der Waals surface area contributed by atoms with Gasteiger partial charge in [-0.15, -0.1) is 24.0 Å². The van der Waals surface area contributed by atoms with E-state index in [4.69, 9.17) is 4.74 Å². The number of ether oxygens (including phenoxy) is 1. The molecule has 0 saturated carbocycles. The molecule has 1 unspecified atom stereocenters. The minimum Gasteiger partial charge on any atom is -0.497 e. The first-order valence-electron chi connectivity index (χ1n) is 10.7. The first-order valence-corrected chi connectivity index (χ1v) is 10.7. The molecule has 0 bridgehead atoms. The lowest BCUT2D eigenvalue weighted by molar-refractivity contribution is 0.0891. The van der Waals surface area contributed by atoms with Gasteiger partial charge in [0.2, 0.25) is 0 Å².